The van der Waals surface area contributed by atoms with Gasteiger partial charge >= 0.3 is 0 Å². The van der Waals surface area contributed by atoms with Crippen molar-refractivity contribution in [2.24, 2.45) is 0 Å². The third-order valence-corrected chi connectivity index (χ3v) is 6.36. The van der Waals surface area contributed by atoms with Gasteiger partial charge in [-0.2, -0.15) is 0 Å². The number of rotatable bonds is 5. The Morgan fingerprint density at radius 3 is 2.94 bits per heavy atom. The first-order valence-electron chi connectivity index (χ1n) is 10.2. The lowest BCUT2D eigenvalue weighted by Crippen LogP contribution is -2.36. The molecular formula is C22H22N4O4S. The van der Waals surface area contributed by atoms with Crippen LogP contribution in [0.1, 0.15) is 12.0 Å². The molecule has 3 aromatic rings. The number of hydrogen-bond donors (Lipinski definition) is 2. The van der Waals surface area contributed by atoms with Gasteiger partial charge < -0.3 is 25.0 Å². The fourth-order valence-corrected chi connectivity index (χ4v) is 4.73. The third-order valence-electron chi connectivity index (χ3n) is 5.28. The predicted molar refractivity (Wildman–Crippen MR) is 120 cm³/mol. The Morgan fingerprint density at radius 2 is 2.06 bits per heavy atom. The molecule has 1 saturated heterocycles. The number of aryl methyl sites for hydroxylation is 1. The van der Waals surface area contributed by atoms with Gasteiger partial charge in [0.2, 0.25) is 5.91 Å². The van der Waals surface area contributed by atoms with Crippen LogP contribution in [0.4, 0.5) is 16.5 Å². The van der Waals surface area contributed by atoms with E-state index in [1.54, 1.807) is 17.4 Å². The van der Waals surface area contributed by atoms with Crippen LogP contribution in [0.5, 0.6) is 5.75 Å². The number of amides is 2. The van der Waals surface area contributed by atoms with Gasteiger partial charge in [0.15, 0.2) is 11.7 Å². The minimum atomic E-state index is -0.233. The van der Waals surface area contributed by atoms with E-state index in [0.29, 0.717) is 24.3 Å². The molecule has 0 radical (unpaired) electrons. The molecule has 31 heavy (non-hydrogen) atoms. The number of thiazole rings is 1. The number of fused-ring (bicyclic) bond motifs is 2. The number of carbonyl (C=O) groups is 2. The van der Waals surface area contributed by atoms with Crippen molar-refractivity contribution in [1.29, 1.82) is 0 Å². The number of benzene rings is 2. The third kappa shape index (κ3) is 4.47. The fourth-order valence-electron chi connectivity index (χ4n) is 3.68. The Balaban J connectivity index is 1.20. The van der Waals surface area contributed by atoms with Crippen molar-refractivity contribution in [1.82, 2.24) is 4.98 Å². The summed E-state index contributed by atoms with van der Waals surface area (Å²) in [5.74, 6) is 0.400. The molecule has 0 unspecified atom stereocenters. The largest absolute Gasteiger partial charge is 0.484 e. The molecule has 1 fully saturated rings. The second-order valence-electron chi connectivity index (χ2n) is 7.48. The van der Waals surface area contributed by atoms with Gasteiger partial charge in [-0.15, -0.1) is 0 Å². The summed E-state index contributed by atoms with van der Waals surface area (Å²) in [5, 5.41) is 6.70. The Bertz CT molecular complexity index is 1140. The van der Waals surface area contributed by atoms with Gasteiger partial charge in [0.25, 0.3) is 5.91 Å². The fraction of sp³-hybridized carbons (Fsp3) is 0.318. The smallest absolute Gasteiger partial charge is 0.262 e. The highest BCUT2D eigenvalue weighted by Crippen LogP contribution is 2.31. The first-order valence-corrected chi connectivity index (χ1v) is 11.0. The second kappa shape index (κ2) is 8.52. The van der Waals surface area contributed by atoms with Crippen molar-refractivity contribution < 1.29 is 19.1 Å². The molecule has 160 valence electrons. The average Bonchev–Trinajstić information content (AvgIpc) is 3.22. The molecule has 0 atom stereocenters. The molecule has 1 aromatic heterocycles. The number of nitrogens with zero attached hydrogens (tertiary/aromatic N) is 2. The van der Waals surface area contributed by atoms with Crippen LogP contribution < -0.4 is 20.3 Å². The number of hydrogen-bond acceptors (Lipinski definition) is 7. The summed E-state index contributed by atoms with van der Waals surface area (Å²) in [6.45, 7) is 3.03. The van der Waals surface area contributed by atoms with Crippen LogP contribution in [0, 0.1) is 0 Å². The minimum Gasteiger partial charge on any atom is -0.484 e. The molecule has 8 nitrogen and oxygen atoms in total. The SMILES string of the molecule is O=C(COc1ccc2c(c1)CCC(=O)N2)Nc1ccc2nc(N3CCOCC3)sc2c1. The molecule has 9 heteroatoms. The maximum Gasteiger partial charge on any atom is 0.262 e. The molecule has 0 aliphatic carbocycles. The van der Waals surface area contributed by atoms with E-state index in [-0.39, 0.29) is 18.4 Å². The molecule has 5 rings (SSSR count). The Morgan fingerprint density at radius 1 is 1.19 bits per heavy atom. The quantitative estimate of drug-likeness (QED) is 0.636. The molecule has 0 bridgehead atoms. The summed E-state index contributed by atoms with van der Waals surface area (Å²) in [5.41, 5.74) is 3.46. The highest BCUT2D eigenvalue weighted by Gasteiger charge is 2.17. The summed E-state index contributed by atoms with van der Waals surface area (Å²) < 4.78 is 12.1. The van der Waals surface area contributed by atoms with Gasteiger partial charge in [0.1, 0.15) is 5.75 Å². The van der Waals surface area contributed by atoms with Crippen LogP contribution in [0.25, 0.3) is 10.2 Å². The van der Waals surface area contributed by atoms with Gasteiger partial charge in [-0.25, -0.2) is 4.98 Å². The van der Waals surface area contributed by atoms with Crippen molar-refractivity contribution in [3.63, 3.8) is 0 Å². The number of aromatic nitrogens is 1. The summed E-state index contributed by atoms with van der Waals surface area (Å²) in [6.07, 6.45) is 1.14. The number of anilines is 3. The summed E-state index contributed by atoms with van der Waals surface area (Å²) >= 11 is 1.62. The highest BCUT2D eigenvalue weighted by molar-refractivity contribution is 7.22. The zero-order valence-electron chi connectivity index (χ0n) is 16.8. The van der Waals surface area contributed by atoms with E-state index in [9.17, 15) is 9.59 Å². The standard InChI is InChI=1S/C22H22N4O4S/c27-20-6-1-14-11-16(3-5-17(14)24-20)30-13-21(28)23-15-2-4-18-19(12-15)31-22(25-18)26-7-9-29-10-8-26/h2-5,11-12H,1,6-10,13H2,(H,23,28)(H,24,27). The van der Waals surface area contributed by atoms with Crippen LogP contribution in [0.3, 0.4) is 0 Å². The number of ether oxygens (including phenoxy) is 2. The zero-order valence-corrected chi connectivity index (χ0v) is 17.7. The number of carbonyl (C=O) groups excluding carboxylic acids is 2. The molecule has 0 saturated carbocycles. The van der Waals surface area contributed by atoms with E-state index in [1.165, 1.54) is 0 Å². The maximum absolute atomic E-state index is 12.4. The molecule has 0 spiro atoms. The topological polar surface area (TPSA) is 92.8 Å². The first-order chi connectivity index (χ1) is 15.1. The molecule has 2 aliphatic heterocycles. The van der Waals surface area contributed by atoms with Crippen LogP contribution in [-0.4, -0.2) is 49.7 Å². The molecule has 2 amide bonds. The van der Waals surface area contributed by atoms with Crippen molar-refractivity contribution in [2.75, 3.05) is 48.4 Å². The van der Waals surface area contributed by atoms with Gasteiger partial charge in [0.05, 0.1) is 23.4 Å². The lowest BCUT2D eigenvalue weighted by molar-refractivity contribution is -0.118. The molecule has 2 N–H and O–H groups in total. The molecule has 2 aromatic carbocycles. The Labute approximate surface area is 183 Å². The van der Waals surface area contributed by atoms with E-state index in [0.717, 1.165) is 52.9 Å². The van der Waals surface area contributed by atoms with Gasteiger partial charge in [-0.3, -0.25) is 9.59 Å². The van der Waals surface area contributed by atoms with E-state index < -0.39 is 0 Å². The first kappa shape index (κ1) is 19.8. The van der Waals surface area contributed by atoms with E-state index >= 15 is 0 Å². The summed E-state index contributed by atoms with van der Waals surface area (Å²) in [4.78, 5) is 30.8. The van der Waals surface area contributed by atoms with Crippen molar-refractivity contribution in [3.05, 3.63) is 42.0 Å². The van der Waals surface area contributed by atoms with Gasteiger partial charge in [-0.1, -0.05) is 11.3 Å². The monoisotopic (exact) mass is 438 g/mol. The average molecular weight is 439 g/mol. The highest BCUT2D eigenvalue weighted by atomic mass is 32.1. The summed E-state index contributed by atoms with van der Waals surface area (Å²) in [7, 11) is 0. The van der Waals surface area contributed by atoms with Crippen molar-refractivity contribution in [2.45, 2.75) is 12.8 Å². The second-order valence-corrected chi connectivity index (χ2v) is 8.49. The molecule has 2 aliphatic rings. The van der Waals surface area contributed by atoms with E-state index in [4.69, 9.17) is 14.5 Å². The number of morpholine rings is 1. The van der Waals surface area contributed by atoms with Crippen LogP contribution >= 0.6 is 11.3 Å². The summed E-state index contributed by atoms with van der Waals surface area (Å²) in [6, 6.07) is 11.2. The van der Waals surface area contributed by atoms with Crippen LogP contribution in [0.2, 0.25) is 0 Å². The van der Waals surface area contributed by atoms with E-state index in [2.05, 4.69) is 15.5 Å². The molecular weight excluding hydrogens is 416 g/mol. The van der Waals surface area contributed by atoms with Crippen LogP contribution in [-0.2, 0) is 20.7 Å². The normalized spacial score (nSPS) is 16.0. The van der Waals surface area contributed by atoms with E-state index in [1.807, 2.05) is 30.3 Å². The lowest BCUT2D eigenvalue weighted by atomic mass is 10.0. The predicted octanol–water partition coefficient (Wildman–Crippen LogP) is 3.04. The zero-order chi connectivity index (χ0) is 21.2. The Hall–Kier alpha value is -3.17. The Kier molecular flexibility index (Phi) is 5.44. The van der Waals surface area contributed by atoms with Crippen LogP contribution in [0.15, 0.2) is 36.4 Å². The van der Waals surface area contributed by atoms with Gasteiger partial charge in [0, 0.05) is 30.9 Å². The van der Waals surface area contributed by atoms with Crippen molar-refractivity contribution >= 4 is 49.9 Å². The number of nitrogens with one attached hydrogen (secondary N) is 2. The maximum atomic E-state index is 12.4. The molecule has 3 heterocycles. The van der Waals surface area contributed by atoms with Crippen molar-refractivity contribution in [3.8, 4) is 5.75 Å². The van der Waals surface area contributed by atoms with Gasteiger partial charge in [-0.05, 0) is 48.4 Å². The minimum absolute atomic E-state index is 0.0236. The lowest BCUT2D eigenvalue weighted by Gasteiger charge is -2.25.